The van der Waals surface area contributed by atoms with Crippen LogP contribution in [0.3, 0.4) is 0 Å². The monoisotopic (exact) mass is 420 g/mol. The molecule has 4 saturated carbocycles. The van der Waals surface area contributed by atoms with E-state index in [9.17, 15) is 15.0 Å². The summed E-state index contributed by atoms with van der Waals surface area (Å²) in [6.07, 6.45) is 11.7. The van der Waals surface area contributed by atoms with Crippen LogP contribution in [-0.4, -0.2) is 33.5 Å². The SMILES string of the molecule is CC(CCCCC(=O)O)C1CC[C@H]2[C@@H]3[C@@H](O)C[C@@H]4C[C@@H](O)CC[C@]4(C)[C@H]3CC[C@]12C. The highest BCUT2D eigenvalue weighted by molar-refractivity contribution is 5.66. The lowest BCUT2D eigenvalue weighted by atomic mass is 9.43. The molecule has 0 aliphatic heterocycles. The van der Waals surface area contributed by atoms with Crippen molar-refractivity contribution in [1.29, 1.82) is 0 Å². The van der Waals surface area contributed by atoms with E-state index in [1.54, 1.807) is 0 Å². The summed E-state index contributed by atoms with van der Waals surface area (Å²) in [7, 11) is 0. The molecule has 4 aliphatic carbocycles. The molecule has 4 nitrogen and oxygen atoms in total. The van der Waals surface area contributed by atoms with Gasteiger partial charge < -0.3 is 15.3 Å². The van der Waals surface area contributed by atoms with Crippen LogP contribution in [0, 0.1) is 46.3 Å². The molecule has 0 amide bonds. The molecule has 4 rings (SSSR count). The van der Waals surface area contributed by atoms with Gasteiger partial charge in [0.1, 0.15) is 0 Å². The van der Waals surface area contributed by atoms with Crippen LogP contribution in [0.1, 0.15) is 97.8 Å². The van der Waals surface area contributed by atoms with Gasteiger partial charge in [0.15, 0.2) is 0 Å². The topological polar surface area (TPSA) is 77.8 Å². The van der Waals surface area contributed by atoms with Gasteiger partial charge in [-0.1, -0.05) is 33.6 Å². The van der Waals surface area contributed by atoms with E-state index >= 15 is 0 Å². The molecule has 0 radical (unpaired) electrons. The van der Waals surface area contributed by atoms with Gasteiger partial charge in [0.2, 0.25) is 0 Å². The number of carboxylic acid groups (broad SMARTS) is 1. The van der Waals surface area contributed by atoms with E-state index in [1.807, 2.05) is 0 Å². The molecule has 4 heteroatoms. The van der Waals surface area contributed by atoms with E-state index in [4.69, 9.17) is 5.11 Å². The van der Waals surface area contributed by atoms with E-state index in [0.717, 1.165) is 44.9 Å². The molecule has 0 bridgehead atoms. The van der Waals surface area contributed by atoms with Crippen molar-refractivity contribution in [1.82, 2.24) is 0 Å². The zero-order valence-corrected chi connectivity index (χ0v) is 19.4. The maximum Gasteiger partial charge on any atom is 0.303 e. The third kappa shape index (κ3) is 3.74. The zero-order chi connectivity index (χ0) is 21.7. The van der Waals surface area contributed by atoms with Gasteiger partial charge in [-0.3, -0.25) is 4.79 Å². The standard InChI is InChI=1S/C26H44O4/c1-16(6-4-5-7-23(29)30)19-8-9-20-24-21(11-13-26(19,20)3)25(2)12-10-18(27)14-17(25)15-22(24)28/h16-22,24,27-28H,4-15H2,1-3H3,(H,29,30)/t16?,17-,18-,19?,20-,21-,22-,24-,25-,26+/m0/s1. The van der Waals surface area contributed by atoms with Crippen molar-refractivity contribution in [3.05, 3.63) is 0 Å². The molecule has 2 unspecified atom stereocenters. The molecule has 0 aromatic heterocycles. The molecule has 0 saturated heterocycles. The van der Waals surface area contributed by atoms with E-state index in [1.165, 1.54) is 25.7 Å². The van der Waals surface area contributed by atoms with Gasteiger partial charge in [-0.05, 0) is 104 Å². The fourth-order valence-electron chi connectivity index (χ4n) is 9.12. The first kappa shape index (κ1) is 22.6. The number of hydrogen-bond acceptors (Lipinski definition) is 3. The van der Waals surface area contributed by atoms with Crippen molar-refractivity contribution in [2.75, 3.05) is 0 Å². The maximum atomic E-state index is 11.3. The van der Waals surface area contributed by atoms with Gasteiger partial charge in [0.05, 0.1) is 12.2 Å². The summed E-state index contributed by atoms with van der Waals surface area (Å²) >= 11 is 0. The number of unbranched alkanes of at least 4 members (excludes halogenated alkanes) is 1. The Hall–Kier alpha value is -0.610. The molecular weight excluding hydrogens is 376 g/mol. The summed E-state index contributed by atoms with van der Waals surface area (Å²) in [5.41, 5.74) is 0.622. The fraction of sp³-hybridized carbons (Fsp3) is 0.962. The second kappa shape index (κ2) is 8.39. The Bertz CT molecular complexity index is 635. The first-order valence-electron chi connectivity index (χ1n) is 12.7. The van der Waals surface area contributed by atoms with Crippen LogP contribution >= 0.6 is 0 Å². The smallest absolute Gasteiger partial charge is 0.303 e. The number of aliphatic carboxylic acids is 1. The van der Waals surface area contributed by atoms with Gasteiger partial charge in [-0.2, -0.15) is 0 Å². The molecule has 0 spiro atoms. The Balaban J connectivity index is 1.47. The molecule has 30 heavy (non-hydrogen) atoms. The molecule has 0 aromatic rings. The lowest BCUT2D eigenvalue weighted by Crippen LogP contribution is -2.58. The van der Waals surface area contributed by atoms with Crippen molar-refractivity contribution in [3.63, 3.8) is 0 Å². The van der Waals surface area contributed by atoms with Crippen LogP contribution in [0.5, 0.6) is 0 Å². The number of carboxylic acids is 1. The molecule has 10 atom stereocenters. The second-order valence-electron chi connectivity index (χ2n) is 12.1. The minimum absolute atomic E-state index is 0.168. The summed E-state index contributed by atoms with van der Waals surface area (Å²) in [5, 5.41) is 30.5. The Kier molecular flexibility index (Phi) is 6.31. The largest absolute Gasteiger partial charge is 0.481 e. The second-order valence-corrected chi connectivity index (χ2v) is 12.1. The van der Waals surface area contributed by atoms with Crippen molar-refractivity contribution in [2.45, 2.75) is 110 Å². The predicted molar refractivity (Wildman–Crippen MR) is 118 cm³/mol. The molecule has 4 aliphatic rings. The highest BCUT2D eigenvalue weighted by Crippen LogP contribution is 2.68. The Morgan fingerprint density at radius 1 is 0.967 bits per heavy atom. The van der Waals surface area contributed by atoms with Crippen molar-refractivity contribution >= 4 is 5.97 Å². The van der Waals surface area contributed by atoms with Crippen LogP contribution in [0.25, 0.3) is 0 Å². The third-order valence-corrected chi connectivity index (χ3v) is 10.7. The number of hydrogen-bond donors (Lipinski definition) is 3. The van der Waals surface area contributed by atoms with E-state index in [0.29, 0.717) is 52.8 Å². The molecule has 0 aromatic carbocycles. The molecule has 4 fully saturated rings. The lowest BCUT2D eigenvalue weighted by molar-refractivity contribution is -0.174. The summed E-state index contributed by atoms with van der Waals surface area (Å²) in [4.78, 5) is 10.8. The molecular formula is C26H44O4. The number of aliphatic hydroxyl groups is 2. The Labute approximate surface area is 182 Å². The van der Waals surface area contributed by atoms with E-state index < -0.39 is 5.97 Å². The van der Waals surface area contributed by atoms with Crippen LogP contribution in [0.15, 0.2) is 0 Å². The Morgan fingerprint density at radius 3 is 2.40 bits per heavy atom. The molecule has 172 valence electrons. The van der Waals surface area contributed by atoms with E-state index in [-0.39, 0.29) is 12.2 Å². The molecule has 3 N–H and O–H groups in total. The average molecular weight is 421 g/mol. The summed E-state index contributed by atoms with van der Waals surface area (Å²) in [6, 6.07) is 0. The van der Waals surface area contributed by atoms with Crippen molar-refractivity contribution < 1.29 is 20.1 Å². The van der Waals surface area contributed by atoms with Gasteiger partial charge in [0, 0.05) is 6.42 Å². The van der Waals surface area contributed by atoms with Gasteiger partial charge in [-0.25, -0.2) is 0 Å². The van der Waals surface area contributed by atoms with Gasteiger partial charge >= 0.3 is 5.97 Å². The zero-order valence-electron chi connectivity index (χ0n) is 19.4. The van der Waals surface area contributed by atoms with Crippen LogP contribution in [0.2, 0.25) is 0 Å². The summed E-state index contributed by atoms with van der Waals surface area (Å²) in [6.45, 7) is 7.39. The number of rotatable bonds is 6. The van der Waals surface area contributed by atoms with Crippen LogP contribution in [-0.2, 0) is 4.79 Å². The number of carbonyl (C=O) groups is 1. The Morgan fingerprint density at radius 2 is 1.67 bits per heavy atom. The first-order valence-corrected chi connectivity index (χ1v) is 12.7. The van der Waals surface area contributed by atoms with Crippen molar-refractivity contribution in [3.8, 4) is 0 Å². The summed E-state index contributed by atoms with van der Waals surface area (Å²) in [5.74, 6) is 2.82. The third-order valence-electron chi connectivity index (χ3n) is 10.7. The first-order chi connectivity index (χ1) is 14.2. The minimum atomic E-state index is -0.679. The highest BCUT2D eigenvalue weighted by atomic mass is 16.4. The highest BCUT2D eigenvalue weighted by Gasteiger charge is 2.62. The molecule has 0 heterocycles. The van der Waals surface area contributed by atoms with Gasteiger partial charge in [0.25, 0.3) is 0 Å². The number of aliphatic hydroxyl groups excluding tert-OH is 2. The maximum absolute atomic E-state index is 11.3. The fourth-order valence-corrected chi connectivity index (χ4v) is 9.12. The van der Waals surface area contributed by atoms with Crippen LogP contribution < -0.4 is 0 Å². The minimum Gasteiger partial charge on any atom is -0.481 e. The van der Waals surface area contributed by atoms with Crippen molar-refractivity contribution in [2.24, 2.45) is 46.3 Å². The van der Waals surface area contributed by atoms with Gasteiger partial charge in [-0.15, -0.1) is 0 Å². The quantitative estimate of drug-likeness (QED) is 0.512. The van der Waals surface area contributed by atoms with Crippen LogP contribution in [0.4, 0.5) is 0 Å². The number of fused-ring (bicyclic) bond motifs is 5. The normalized spacial score (nSPS) is 49.0. The lowest BCUT2D eigenvalue weighted by Gasteiger charge is -2.62. The summed E-state index contributed by atoms with van der Waals surface area (Å²) < 4.78 is 0. The van der Waals surface area contributed by atoms with E-state index in [2.05, 4.69) is 20.8 Å². The average Bonchev–Trinajstić information content (AvgIpc) is 3.03. The predicted octanol–water partition coefficient (Wildman–Crippen LogP) is 5.26.